The van der Waals surface area contributed by atoms with Gasteiger partial charge >= 0.3 is 0 Å². The first-order chi connectivity index (χ1) is 11.6. The van der Waals surface area contributed by atoms with E-state index in [0.717, 1.165) is 0 Å². The first-order valence-corrected chi connectivity index (χ1v) is 8.31. The second-order valence-corrected chi connectivity index (χ2v) is 6.39. The van der Waals surface area contributed by atoms with Crippen molar-refractivity contribution in [2.45, 2.75) is 20.0 Å². The smallest absolute Gasteiger partial charge is 0.255 e. The van der Waals surface area contributed by atoms with Crippen molar-refractivity contribution in [1.29, 1.82) is 0 Å². The van der Waals surface area contributed by atoms with E-state index >= 15 is 0 Å². The van der Waals surface area contributed by atoms with E-state index in [4.69, 9.17) is 0 Å². The molecule has 2 aromatic rings. The predicted molar refractivity (Wildman–Crippen MR) is 93.6 cm³/mol. The third-order valence-corrected chi connectivity index (χ3v) is 4.38. The van der Waals surface area contributed by atoms with Crippen molar-refractivity contribution in [1.82, 2.24) is 9.80 Å². The highest BCUT2D eigenvalue weighted by Crippen LogP contribution is 2.25. The largest absolute Gasteiger partial charge is 0.316 e. The molecule has 1 aliphatic rings. The molecule has 4 heteroatoms. The van der Waals surface area contributed by atoms with Crippen molar-refractivity contribution < 1.29 is 9.59 Å². The zero-order valence-corrected chi connectivity index (χ0v) is 14.1. The van der Waals surface area contributed by atoms with Gasteiger partial charge in [-0.1, -0.05) is 50.2 Å². The Balaban J connectivity index is 1.86. The van der Waals surface area contributed by atoms with Crippen LogP contribution in [0.3, 0.4) is 0 Å². The average molecular weight is 322 g/mol. The van der Waals surface area contributed by atoms with E-state index in [1.54, 1.807) is 0 Å². The topological polar surface area (TPSA) is 40.6 Å². The van der Waals surface area contributed by atoms with Crippen LogP contribution < -0.4 is 0 Å². The predicted octanol–water partition coefficient (Wildman–Crippen LogP) is 3.27. The number of nitrogens with zero attached hydrogens (tertiary/aromatic N) is 2. The molecule has 0 bridgehead atoms. The number of carbonyl (C=O) groups is 2. The second-order valence-electron chi connectivity index (χ2n) is 6.39. The zero-order valence-electron chi connectivity index (χ0n) is 14.1. The Morgan fingerprint density at radius 1 is 0.792 bits per heavy atom. The molecule has 0 spiro atoms. The molecule has 3 rings (SSSR count). The molecular formula is C20H22N2O2. The maximum atomic E-state index is 12.9. The van der Waals surface area contributed by atoms with Gasteiger partial charge in [-0.05, 0) is 30.2 Å². The molecule has 1 saturated heterocycles. The summed E-state index contributed by atoms with van der Waals surface area (Å²) in [6, 6.07) is 18.5. The standard InChI is InChI=1S/C20H22N2O2/c1-15(2)18-21(19(23)16-9-5-3-6-10-16)13-14-22(18)20(24)17-11-7-4-8-12-17/h3-12,15,18H,13-14H2,1-2H3. The zero-order chi connectivity index (χ0) is 17.1. The molecule has 1 fully saturated rings. The quantitative estimate of drug-likeness (QED) is 0.870. The summed E-state index contributed by atoms with van der Waals surface area (Å²) in [4.78, 5) is 29.3. The second kappa shape index (κ2) is 6.87. The van der Waals surface area contributed by atoms with Gasteiger partial charge in [0.15, 0.2) is 0 Å². The molecule has 0 N–H and O–H groups in total. The fraction of sp³-hybridized carbons (Fsp3) is 0.300. The van der Waals surface area contributed by atoms with Crippen molar-refractivity contribution in [2.24, 2.45) is 5.92 Å². The summed E-state index contributed by atoms with van der Waals surface area (Å²) >= 11 is 0. The van der Waals surface area contributed by atoms with Gasteiger partial charge in [0.1, 0.15) is 6.17 Å². The molecule has 0 saturated carbocycles. The number of benzene rings is 2. The normalized spacial score (nSPS) is 15.1. The lowest BCUT2D eigenvalue weighted by Crippen LogP contribution is -2.47. The minimum absolute atomic E-state index is 0.0161. The van der Waals surface area contributed by atoms with E-state index in [1.807, 2.05) is 84.3 Å². The van der Waals surface area contributed by atoms with E-state index in [0.29, 0.717) is 24.2 Å². The van der Waals surface area contributed by atoms with Gasteiger partial charge < -0.3 is 9.80 Å². The number of carbonyl (C=O) groups excluding carboxylic acids is 2. The Labute approximate surface area is 142 Å². The average Bonchev–Trinajstić information content (AvgIpc) is 3.07. The van der Waals surface area contributed by atoms with E-state index in [2.05, 4.69) is 0 Å². The lowest BCUT2D eigenvalue weighted by atomic mass is 10.1. The maximum Gasteiger partial charge on any atom is 0.255 e. The third kappa shape index (κ3) is 3.04. The van der Waals surface area contributed by atoms with Crippen molar-refractivity contribution in [3.63, 3.8) is 0 Å². The Morgan fingerprint density at radius 3 is 1.50 bits per heavy atom. The van der Waals surface area contributed by atoms with Gasteiger partial charge in [-0.15, -0.1) is 0 Å². The van der Waals surface area contributed by atoms with E-state index in [9.17, 15) is 9.59 Å². The molecule has 0 radical (unpaired) electrons. The highest BCUT2D eigenvalue weighted by molar-refractivity contribution is 5.97. The van der Waals surface area contributed by atoms with Gasteiger partial charge in [0.05, 0.1) is 0 Å². The van der Waals surface area contributed by atoms with Crippen LogP contribution in [0.25, 0.3) is 0 Å². The Kier molecular flexibility index (Phi) is 4.65. The molecule has 2 amide bonds. The van der Waals surface area contributed by atoms with Crippen LogP contribution in [-0.2, 0) is 0 Å². The van der Waals surface area contributed by atoms with E-state index < -0.39 is 0 Å². The van der Waals surface area contributed by atoms with Crippen molar-refractivity contribution in [2.75, 3.05) is 13.1 Å². The van der Waals surface area contributed by atoms with Crippen molar-refractivity contribution in [3.8, 4) is 0 Å². The lowest BCUT2D eigenvalue weighted by Gasteiger charge is -2.33. The van der Waals surface area contributed by atoms with Gasteiger partial charge in [0.25, 0.3) is 11.8 Å². The van der Waals surface area contributed by atoms with Crippen LogP contribution in [0, 0.1) is 5.92 Å². The molecule has 4 nitrogen and oxygen atoms in total. The Morgan fingerprint density at radius 2 is 1.17 bits per heavy atom. The number of amides is 2. The first-order valence-electron chi connectivity index (χ1n) is 8.31. The summed E-state index contributed by atoms with van der Waals surface area (Å²) < 4.78 is 0. The lowest BCUT2D eigenvalue weighted by molar-refractivity contribution is 0.0453. The van der Waals surface area contributed by atoms with Crippen molar-refractivity contribution in [3.05, 3.63) is 71.8 Å². The van der Waals surface area contributed by atoms with E-state index in [-0.39, 0.29) is 23.9 Å². The minimum atomic E-state index is -0.217. The summed E-state index contributed by atoms with van der Waals surface area (Å²) in [6.07, 6.45) is -0.217. The van der Waals surface area contributed by atoms with Gasteiger partial charge in [-0.2, -0.15) is 0 Å². The Hall–Kier alpha value is -2.62. The number of hydrogen-bond acceptors (Lipinski definition) is 2. The number of hydrogen-bond donors (Lipinski definition) is 0. The van der Waals surface area contributed by atoms with E-state index in [1.165, 1.54) is 0 Å². The molecule has 124 valence electrons. The summed E-state index contributed by atoms with van der Waals surface area (Å²) in [5.74, 6) is 0.128. The maximum absolute atomic E-state index is 12.9. The summed E-state index contributed by atoms with van der Waals surface area (Å²) in [7, 11) is 0. The van der Waals surface area contributed by atoms with Crippen LogP contribution in [0.15, 0.2) is 60.7 Å². The van der Waals surface area contributed by atoms with Crippen LogP contribution in [0.4, 0.5) is 0 Å². The molecule has 2 aromatic carbocycles. The monoisotopic (exact) mass is 322 g/mol. The molecule has 1 heterocycles. The summed E-state index contributed by atoms with van der Waals surface area (Å²) in [5, 5.41) is 0. The minimum Gasteiger partial charge on any atom is -0.316 e. The van der Waals surface area contributed by atoms with Gasteiger partial charge in [-0.3, -0.25) is 9.59 Å². The van der Waals surface area contributed by atoms with Gasteiger partial charge in [0, 0.05) is 24.2 Å². The van der Waals surface area contributed by atoms with Crippen LogP contribution in [0.1, 0.15) is 34.6 Å². The molecule has 0 aromatic heterocycles. The molecule has 0 unspecified atom stereocenters. The fourth-order valence-corrected chi connectivity index (χ4v) is 3.30. The summed E-state index contributed by atoms with van der Waals surface area (Å²) in [5.41, 5.74) is 1.33. The van der Waals surface area contributed by atoms with Crippen LogP contribution in [0.2, 0.25) is 0 Å². The molecule has 1 aliphatic heterocycles. The fourth-order valence-electron chi connectivity index (χ4n) is 3.30. The van der Waals surface area contributed by atoms with Crippen LogP contribution in [0.5, 0.6) is 0 Å². The third-order valence-electron chi connectivity index (χ3n) is 4.38. The SMILES string of the molecule is CC(C)C1N(C(=O)c2ccccc2)CCN1C(=O)c1ccccc1. The molecule has 0 aliphatic carbocycles. The molecular weight excluding hydrogens is 300 g/mol. The first kappa shape index (κ1) is 16.2. The summed E-state index contributed by atoms with van der Waals surface area (Å²) in [6.45, 7) is 5.23. The van der Waals surface area contributed by atoms with Crippen LogP contribution in [-0.4, -0.2) is 40.9 Å². The highest BCUT2D eigenvalue weighted by atomic mass is 16.2. The Bertz CT molecular complexity index is 653. The van der Waals surface area contributed by atoms with Gasteiger partial charge in [0.2, 0.25) is 0 Å². The van der Waals surface area contributed by atoms with Crippen LogP contribution >= 0.6 is 0 Å². The highest BCUT2D eigenvalue weighted by Gasteiger charge is 2.40. The molecule has 0 atom stereocenters. The number of rotatable bonds is 3. The molecule has 24 heavy (non-hydrogen) atoms. The van der Waals surface area contributed by atoms with Crippen molar-refractivity contribution >= 4 is 11.8 Å². The van der Waals surface area contributed by atoms with Gasteiger partial charge in [-0.25, -0.2) is 0 Å².